The molecule has 0 spiro atoms. The van der Waals surface area contributed by atoms with Gasteiger partial charge >= 0.3 is 0 Å². The summed E-state index contributed by atoms with van der Waals surface area (Å²) in [5.41, 5.74) is 0. The summed E-state index contributed by atoms with van der Waals surface area (Å²) < 4.78 is 0. The van der Waals surface area contributed by atoms with Gasteiger partial charge < -0.3 is 0 Å². The van der Waals surface area contributed by atoms with Gasteiger partial charge in [-0.1, -0.05) is 0 Å². The maximum atomic E-state index is 4.17. The molecule has 2 unspecified atom stereocenters. The first-order valence-corrected chi connectivity index (χ1v) is 2.95. The van der Waals surface area contributed by atoms with E-state index in [9.17, 15) is 0 Å². The Labute approximate surface area is 43.4 Å². The van der Waals surface area contributed by atoms with Gasteiger partial charge in [-0.2, -0.15) is 0 Å². The van der Waals surface area contributed by atoms with E-state index in [1.54, 1.807) is 0 Å². The molecule has 0 saturated heterocycles. The van der Waals surface area contributed by atoms with Gasteiger partial charge in [0.05, 0.1) is 0 Å². The first-order chi connectivity index (χ1) is 3.47. The third-order valence-corrected chi connectivity index (χ3v) is 1.95. The Morgan fingerprint density at radius 3 is 3.00 bits per heavy atom. The highest BCUT2D eigenvalue weighted by molar-refractivity contribution is 5.59. The zero-order valence-electron chi connectivity index (χ0n) is 4.30. The van der Waals surface area contributed by atoms with E-state index in [1.807, 2.05) is 0 Å². The second kappa shape index (κ2) is 1.09. The van der Waals surface area contributed by atoms with Crippen molar-refractivity contribution in [2.75, 3.05) is 6.54 Å². The quantitative estimate of drug-likeness (QED) is 0.427. The SMILES string of the molecule is C1=NCC2CC2C1. The van der Waals surface area contributed by atoms with Gasteiger partial charge in [-0.05, 0) is 30.9 Å². The smallest absolute Gasteiger partial charge is 0.0416 e. The molecular weight excluding hydrogens is 86.1 g/mol. The molecule has 2 atom stereocenters. The van der Waals surface area contributed by atoms with Crippen LogP contribution < -0.4 is 0 Å². The summed E-state index contributed by atoms with van der Waals surface area (Å²) >= 11 is 0. The highest BCUT2D eigenvalue weighted by atomic mass is 14.8. The molecule has 0 amide bonds. The fourth-order valence-electron chi connectivity index (χ4n) is 1.24. The first-order valence-electron chi connectivity index (χ1n) is 2.95. The second-order valence-corrected chi connectivity index (χ2v) is 2.54. The zero-order chi connectivity index (χ0) is 4.69. The molecule has 1 aliphatic heterocycles. The van der Waals surface area contributed by atoms with Crippen molar-refractivity contribution in [1.82, 2.24) is 0 Å². The Morgan fingerprint density at radius 1 is 1.43 bits per heavy atom. The van der Waals surface area contributed by atoms with E-state index >= 15 is 0 Å². The van der Waals surface area contributed by atoms with Crippen molar-refractivity contribution in [3.8, 4) is 0 Å². The average molecular weight is 95.1 g/mol. The average Bonchev–Trinajstić information content (AvgIpc) is 2.41. The third-order valence-electron chi connectivity index (χ3n) is 1.95. The molecule has 1 nitrogen and oxygen atoms in total. The van der Waals surface area contributed by atoms with Crippen LogP contribution in [-0.2, 0) is 0 Å². The van der Waals surface area contributed by atoms with Gasteiger partial charge in [-0.15, -0.1) is 0 Å². The molecule has 1 saturated carbocycles. The van der Waals surface area contributed by atoms with Crippen molar-refractivity contribution in [1.29, 1.82) is 0 Å². The fourth-order valence-corrected chi connectivity index (χ4v) is 1.24. The molecule has 1 fully saturated rings. The Bertz CT molecular complexity index is 94.7. The monoisotopic (exact) mass is 95.1 g/mol. The predicted octanol–water partition coefficient (Wildman–Crippen LogP) is 1.10. The molecule has 1 heterocycles. The Morgan fingerprint density at radius 2 is 2.43 bits per heavy atom. The Hall–Kier alpha value is -0.330. The van der Waals surface area contributed by atoms with Crippen LogP contribution in [0, 0.1) is 11.8 Å². The van der Waals surface area contributed by atoms with Gasteiger partial charge in [0.2, 0.25) is 0 Å². The van der Waals surface area contributed by atoms with E-state index in [4.69, 9.17) is 0 Å². The van der Waals surface area contributed by atoms with Crippen LogP contribution in [0.2, 0.25) is 0 Å². The fraction of sp³-hybridized carbons (Fsp3) is 0.833. The standard InChI is InChI=1S/C6H9N/c1-2-7-4-6-3-5(1)6/h2,5-6H,1,3-4H2. The maximum absolute atomic E-state index is 4.17. The van der Waals surface area contributed by atoms with Gasteiger partial charge in [0.25, 0.3) is 0 Å². The lowest BCUT2D eigenvalue weighted by atomic mass is 10.2. The number of hydrogen-bond donors (Lipinski definition) is 0. The van der Waals surface area contributed by atoms with Gasteiger partial charge in [0.15, 0.2) is 0 Å². The number of hydrogen-bond acceptors (Lipinski definition) is 1. The van der Waals surface area contributed by atoms with Crippen LogP contribution >= 0.6 is 0 Å². The van der Waals surface area contributed by atoms with Crippen molar-refractivity contribution >= 4 is 6.21 Å². The van der Waals surface area contributed by atoms with Gasteiger partial charge in [-0.3, -0.25) is 4.99 Å². The Kier molecular flexibility index (Phi) is 0.566. The molecule has 0 aromatic carbocycles. The number of nitrogens with zero attached hydrogens (tertiary/aromatic N) is 1. The van der Waals surface area contributed by atoms with Crippen LogP contribution in [0.3, 0.4) is 0 Å². The van der Waals surface area contributed by atoms with E-state index in [1.165, 1.54) is 12.8 Å². The van der Waals surface area contributed by atoms with Crippen LogP contribution in [-0.4, -0.2) is 12.8 Å². The van der Waals surface area contributed by atoms with Crippen molar-refractivity contribution in [2.45, 2.75) is 12.8 Å². The molecule has 38 valence electrons. The van der Waals surface area contributed by atoms with Crippen molar-refractivity contribution < 1.29 is 0 Å². The lowest BCUT2D eigenvalue weighted by Crippen LogP contribution is -1.95. The maximum Gasteiger partial charge on any atom is 0.0416 e. The summed E-state index contributed by atoms with van der Waals surface area (Å²) in [6.07, 6.45) is 4.80. The molecule has 2 rings (SSSR count). The van der Waals surface area contributed by atoms with Gasteiger partial charge in [0, 0.05) is 6.54 Å². The normalized spacial score (nSPS) is 45.7. The van der Waals surface area contributed by atoms with Crippen LogP contribution in [0.25, 0.3) is 0 Å². The molecule has 1 heteroatoms. The van der Waals surface area contributed by atoms with Crippen LogP contribution in [0.5, 0.6) is 0 Å². The minimum absolute atomic E-state index is 1.00. The first kappa shape index (κ1) is 3.65. The summed E-state index contributed by atoms with van der Waals surface area (Å²) in [5.74, 6) is 2.06. The number of aliphatic imine (C=N–C) groups is 1. The molecular formula is C6H9N. The minimum atomic E-state index is 1.00. The van der Waals surface area contributed by atoms with E-state index in [0.717, 1.165) is 18.4 Å². The van der Waals surface area contributed by atoms with E-state index in [0.29, 0.717) is 0 Å². The van der Waals surface area contributed by atoms with Crippen molar-refractivity contribution in [3.63, 3.8) is 0 Å². The lowest BCUT2D eigenvalue weighted by molar-refractivity contribution is 0.708. The molecule has 2 aliphatic rings. The summed E-state index contributed by atoms with van der Waals surface area (Å²) in [6, 6.07) is 0. The van der Waals surface area contributed by atoms with E-state index in [-0.39, 0.29) is 0 Å². The second-order valence-electron chi connectivity index (χ2n) is 2.54. The van der Waals surface area contributed by atoms with Crippen LogP contribution in [0.1, 0.15) is 12.8 Å². The molecule has 7 heavy (non-hydrogen) atoms. The molecule has 0 aromatic heterocycles. The van der Waals surface area contributed by atoms with E-state index < -0.39 is 0 Å². The number of rotatable bonds is 0. The molecule has 1 aliphatic carbocycles. The number of fused-ring (bicyclic) bond motifs is 1. The highest BCUT2D eigenvalue weighted by Gasteiger charge is 2.37. The zero-order valence-corrected chi connectivity index (χ0v) is 4.30. The molecule has 0 radical (unpaired) electrons. The Balaban J connectivity index is 2.10. The summed E-state index contributed by atoms with van der Waals surface area (Å²) in [7, 11) is 0. The molecule has 0 N–H and O–H groups in total. The topological polar surface area (TPSA) is 12.4 Å². The summed E-state index contributed by atoms with van der Waals surface area (Å²) in [4.78, 5) is 4.17. The lowest BCUT2D eigenvalue weighted by Gasteiger charge is -1.96. The highest BCUT2D eigenvalue weighted by Crippen LogP contribution is 2.42. The molecule has 0 aromatic rings. The molecule has 0 bridgehead atoms. The van der Waals surface area contributed by atoms with Crippen molar-refractivity contribution in [2.24, 2.45) is 16.8 Å². The van der Waals surface area contributed by atoms with Crippen LogP contribution in [0.15, 0.2) is 4.99 Å². The predicted molar refractivity (Wildman–Crippen MR) is 29.6 cm³/mol. The summed E-state index contributed by atoms with van der Waals surface area (Å²) in [5, 5.41) is 0. The minimum Gasteiger partial charge on any atom is -0.297 e. The van der Waals surface area contributed by atoms with Crippen molar-refractivity contribution in [3.05, 3.63) is 0 Å². The van der Waals surface area contributed by atoms with Crippen LogP contribution in [0.4, 0.5) is 0 Å². The van der Waals surface area contributed by atoms with Gasteiger partial charge in [0.1, 0.15) is 0 Å². The third kappa shape index (κ3) is 0.476. The summed E-state index contributed by atoms with van der Waals surface area (Å²) in [6.45, 7) is 1.13. The van der Waals surface area contributed by atoms with Gasteiger partial charge in [-0.25, -0.2) is 0 Å². The van der Waals surface area contributed by atoms with E-state index in [2.05, 4.69) is 11.2 Å². The largest absolute Gasteiger partial charge is 0.297 e.